The van der Waals surface area contributed by atoms with E-state index in [9.17, 15) is 13.2 Å². The Balaban J connectivity index is 1.58. The fraction of sp³-hybridized carbons (Fsp3) is 0.269. The molecule has 32 heavy (non-hydrogen) atoms. The van der Waals surface area contributed by atoms with E-state index >= 15 is 0 Å². The van der Waals surface area contributed by atoms with Crippen LogP contribution in [0, 0.1) is 6.92 Å². The van der Waals surface area contributed by atoms with Gasteiger partial charge in [-0.25, -0.2) is 8.42 Å². The number of carbonyl (C=O) groups is 1. The maximum absolute atomic E-state index is 13.2. The molecule has 4 rings (SSSR count). The highest BCUT2D eigenvalue weighted by Gasteiger charge is 2.25. The second-order valence-corrected chi connectivity index (χ2v) is 10.3. The normalized spacial score (nSPS) is 14.0. The van der Waals surface area contributed by atoms with E-state index in [1.165, 1.54) is 28.9 Å². The second-order valence-electron chi connectivity index (χ2n) is 8.38. The van der Waals surface area contributed by atoms with Crippen LogP contribution in [0.3, 0.4) is 0 Å². The summed E-state index contributed by atoms with van der Waals surface area (Å²) < 4.78 is 27.5. The van der Waals surface area contributed by atoms with Crippen molar-refractivity contribution in [2.75, 3.05) is 11.4 Å². The zero-order valence-electron chi connectivity index (χ0n) is 18.6. The molecule has 5 nitrogen and oxygen atoms in total. The molecule has 1 atom stereocenters. The first-order valence-electron chi connectivity index (χ1n) is 10.8. The number of hydrogen-bond donors (Lipinski definition) is 1. The third-order valence-corrected chi connectivity index (χ3v) is 7.92. The summed E-state index contributed by atoms with van der Waals surface area (Å²) >= 11 is 0. The highest BCUT2D eigenvalue weighted by Crippen LogP contribution is 2.28. The lowest BCUT2D eigenvalue weighted by molar-refractivity contribution is 0.0940. The van der Waals surface area contributed by atoms with Crippen molar-refractivity contribution in [3.63, 3.8) is 0 Å². The standard InChI is InChI=1S/C26H28N2O3S/c1-18-11-15-23(16-12-18)32(30,31)28(3)25-10-5-4-9-24(25)26(29)27-19(2)21-14-13-20-7-6-8-22(20)17-21/h4-5,9-17,19H,6-8H2,1-3H3,(H,27,29)/t19-/m0/s1. The van der Waals surface area contributed by atoms with E-state index in [0.717, 1.165) is 24.0 Å². The highest BCUT2D eigenvalue weighted by molar-refractivity contribution is 7.92. The van der Waals surface area contributed by atoms with Crippen molar-refractivity contribution in [2.24, 2.45) is 0 Å². The minimum atomic E-state index is -3.80. The minimum absolute atomic E-state index is 0.187. The molecule has 1 amide bonds. The molecule has 0 saturated heterocycles. The molecule has 166 valence electrons. The number of benzene rings is 3. The average Bonchev–Trinajstić information content (AvgIpc) is 3.26. The van der Waals surface area contributed by atoms with Gasteiger partial charge in [0.05, 0.1) is 22.2 Å². The van der Waals surface area contributed by atoms with Crippen LogP contribution < -0.4 is 9.62 Å². The summed E-state index contributed by atoms with van der Waals surface area (Å²) in [7, 11) is -2.32. The van der Waals surface area contributed by atoms with Crippen molar-refractivity contribution in [3.8, 4) is 0 Å². The van der Waals surface area contributed by atoms with Gasteiger partial charge in [-0.15, -0.1) is 0 Å². The summed E-state index contributed by atoms with van der Waals surface area (Å²) in [6.45, 7) is 3.85. The van der Waals surface area contributed by atoms with Crippen molar-refractivity contribution in [1.29, 1.82) is 0 Å². The SMILES string of the molecule is Cc1ccc(S(=O)(=O)N(C)c2ccccc2C(=O)N[C@@H](C)c2ccc3c(c2)CCC3)cc1. The van der Waals surface area contributed by atoms with Crippen LogP contribution in [0.1, 0.15) is 52.0 Å². The Labute approximate surface area is 190 Å². The van der Waals surface area contributed by atoms with Crippen LogP contribution in [0.5, 0.6) is 0 Å². The van der Waals surface area contributed by atoms with Crippen molar-refractivity contribution < 1.29 is 13.2 Å². The first kappa shape index (κ1) is 22.1. The van der Waals surface area contributed by atoms with E-state index in [2.05, 4.69) is 23.5 Å². The highest BCUT2D eigenvalue weighted by atomic mass is 32.2. The molecule has 1 aliphatic rings. The summed E-state index contributed by atoms with van der Waals surface area (Å²) in [6, 6.07) is 19.7. The Morgan fingerprint density at radius 2 is 1.66 bits per heavy atom. The van der Waals surface area contributed by atoms with E-state index < -0.39 is 10.0 Å². The number of aryl methyl sites for hydroxylation is 3. The maximum atomic E-state index is 13.2. The number of carbonyl (C=O) groups excluding carboxylic acids is 1. The molecule has 0 spiro atoms. The smallest absolute Gasteiger partial charge is 0.264 e. The first-order chi connectivity index (χ1) is 15.3. The first-order valence-corrected chi connectivity index (χ1v) is 12.3. The summed E-state index contributed by atoms with van der Waals surface area (Å²) in [5.41, 5.74) is 5.43. The number of nitrogens with zero attached hydrogens (tertiary/aromatic N) is 1. The predicted molar refractivity (Wildman–Crippen MR) is 128 cm³/mol. The molecule has 0 aromatic heterocycles. The van der Waals surface area contributed by atoms with Crippen molar-refractivity contribution in [1.82, 2.24) is 5.32 Å². The molecule has 0 bridgehead atoms. The Morgan fingerprint density at radius 1 is 0.969 bits per heavy atom. The van der Waals surface area contributed by atoms with Gasteiger partial charge in [0.25, 0.3) is 15.9 Å². The van der Waals surface area contributed by atoms with Crippen molar-refractivity contribution in [3.05, 3.63) is 94.5 Å². The Kier molecular flexibility index (Phi) is 6.07. The van der Waals surface area contributed by atoms with E-state index in [1.54, 1.807) is 48.5 Å². The Bertz CT molecular complexity index is 1250. The van der Waals surface area contributed by atoms with Crippen LogP contribution in [0.25, 0.3) is 0 Å². The summed E-state index contributed by atoms with van der Waals surface area (Å²) in [5.74, 6) is -0.306. The number of hydrogen-bond acceptors (Lipinski definition) is 3. The Hall–Kier alpha value is -3.12. The van der Waals surface area contributed by atoms with Gasteiger partial charge in [-0.05, 0) is 74.1 Å². The summed E-state index contributed by atoms with van der Waals surface area (Å²) in [5, 5.41) is 3.04. The largest absolute Gasteiger partial charge is 0.345 e. The van der Waals surface area contributed by atoms with E-state index in [-0.39, 0.29) is 16.8 Å². The molecule has 0 radical (unpaired) electrons. The van der Waals surface area contributed by atoms with Crippen LogP contribution >= 0.6 is 0 Å². The number of anilines is 1. The number of amides is 1. The van der Waals surface area contributed by atoms with Gasteiger partial charge in [0.15, 0.2) is 0 Å². The molecule has 1 N–H and O–H groups in total. The number of rotatable bonds is 6. The predicted octanol–water partition coefficient (Wildman–Crippen LogP) is 4.80. The number of nitrogens with one attached hydrogen (secondary N) is 1. The molecular formula is C26H28N2O3S. The quantitative estimate of drug-likeness (QED) is 0.589. The molecule has 0 saturated carbocycles. The van der Waals surface area contributed by atoms with Gasteiger partial charge in [-0.2, -0.15) is 0 Å². The molecule has 1 aliphatic carbocycles. The van der Waals surface area contributed by atoms with Crippen LogP contribution in [0.15, 0.2) is 71.6 Å². The number of sulfonamides is 1. The molecule has 3 aromatic carbocycles. The lowest BCUT2D eigenvalue weighted by Gasteiger charge is -2.23. The summed E-state index contributed by atoms with van der Waals surface area (Å²) in [6.07, 6.45) is 3.37. The fourth-order valence-electron chi connectivity index (χ4n) is 4.16. The van der Waals surface area contributed by atoms with Gasteiger partial charge >= 0.3 is 0 Å². The zero-order valence-corrected chi connectivity index (χ0v) is 19.4. The molecule has 0 heterocycles. The minimum Gasteiger partial charge on any atom is -0.345 e. The third-order valence-electron chi connectivity index (χ3n) is 6.14. The summed E-state index contributed by atoms with van der Waals surface area (Å²) in [4.78, 5) is 13.4. The lowest BCUT2D eigenvalue weighted by atomic mass is 10.0. The number of fused-ring (bicyclic) bond motifs is 1. The van der Waals surface area contributed by atoms with E-state index in [4.69, 9.17) is 0 Å². The van der Waals surface area contributed by atoms with E-state index in [1.807, 2.05) is 13.8 Å². The van der Waals surface area contributed by atoms with Crippen LogP contribution in [-0.2, 0) is 22.9 Å². The van der Waals surface area contributed by atoms with Gasteiger partial charge in [-0.1, -0.05) is 48.0 Å². The van der Waals surface area contributed by atoms with Gasteiger partial charge < -0.3 is 5.32 Å². The second kappa shape index (κ2) is 8.79. The van der Waals surface area contributed by atoms with Crippen LogP contribution in [0.4, 0.5) is 5.69 Å². The lowest BCUT2D eigenvalue weighted by Crippen LogP contribution is -2.32. The van der Waals surface area contributed by atoms with Gasteiger partial charge in [-0.3, -0.25) is 9.10 Å². The molecule has 6 heteroatoms. The van der Waals surface area contributed by atoms with Gasteiger partial charge in [0.1, 0.15) is 0 Å². The van der Waals surface area contributed by atoms with Crippen molar-refractivity contribution >= 4 is 21.6 Å². The molecular weight excluding hydrogens is 420 g/mol. The maximum Gasteiger partial charge on any atom is 0.264 e. The number of para-hydroxylation sites is 1. The molecule has 0 unspecified atom stereocenters. The average molecular weight is 449 g/mol. The molecule has 0 fully saturated rings. The van der Waals surface area contributed by atoms with Crippen LogP contribution in [-0.4, -0.2) is 21.4 Å². The zero-order chi connectivity index (χ0) is 22.9. The van der Waals surface area contributed by atoms with Gasteiger partial charge in [0, 0.05) is 7.05 Å². The van der Waals surface area contributed by atoms with E-state index in [0.29, 0.717) is 11.3 Å². The topological polar surface area (TPSA) is 66.5 Å². The van der Waals surface area contributed by atoms with Crippen molar-refractivity contribution in [2.45, 2.75) is 44.0 Å². The Morgan fingerprint density at radius 3 is 2.41 bits per heavy atom. The van der Waals surface area contributed by atoms with Crippen LogP contribution in [0.2, 0.25) is 0 Å². The monoisotopic (exact) mass is 448 g/mol. The van der Waals surface area contributed by atoms with Gasteiger partial charge in [0.2, 0.25) is 0 Å². The third kappa shape index (κ3) is 4.28. The molecule has 0 aliphatic heterocycles. The molecule has 3 aromatic rings. The fourth-order valence-corrected chi connectivity index (χ4v) is 5.37.